The van der Waals surface area contributed by atoms with Crippen molar-refractivity contribution in [3.05, 3.63) is 29.8 Å². The maximum Gasteiger partial charge on any atom is 0.0369 e. The Hall–Kier alpha value is -1.02. The lowest BCUT2D eigenvalue weighted by Crippen LogP contribution is -2.20. The molecule has 0 saturated carbocycles. The molecule has 3 rings (SSSR count). The molecule has 1 atom stereocenters. The van der Waals surface area contributed by atoms with Crippen LogP contribution in [-0.4, -0.2) is 31.6 Å². The van der Waals surface area contributed by atoms with Crippen molar-refractivity contribution in [1.82, 2.24) is 4.90 Å². The van der Waals surface area contributed by atoms with Crippen molar-refractivity contribution in [3.8, 4) is 0 Å². The summed E-state index contributed by atoms with van der Waals surface area (Å²) in [6.07, 6.45) is 5.37. The van der Waals surface area contributed by atoms with E-state index < -0.39 is 0 Å². The Morgan fingerprint density at radius 3 is 2.59 bits per heavy atom. The summed E-state index contributed by atoms with van der Waals surface area (Å²) < 4.78 is 0. The highest BCUT2D eigenvalue weighted by molar-refractivity contribution is 5.50. The third kappa shape index (κ3) is 2.19. The van der Waals surface area contributed by atoms with Crippen molar-refractivity contribution >= 4 is 5.69 Å². The minimum Gasteiger partial charge on any atom is -0.372 e. The van der Waals surface area contributed by atoms with Gasteiger partial charge in [-0.05, 0) is 57.0 Å². The summed E-state index contributed by atoms with van der Waals surface area (Å²) in [7, 11) is 2.25. The molecule has 0 amide bonds. The summed E-state index contributed by atoms with van der Waals surface area (Å²) in [6, 6.07) is 9.86. The molecule has 2 aliphatic heterocycles. The molecule has 2 saturated heterocycles. The normalized spacial score (nSPS) is 25.7. The molecule has 1 aromatic carbocycles. The Balaban J connectivity index is 1.83. The number of benzene rings is 1. The zero-order valence-corrected chi connectivity index (χ0v) is 10.7. The monoisotopic (exact) mass is 230 g/mol. The fourth-order valence-electron chi connectivity index (χ4n) is 3.24. The molecule has 1 aromatic rings. The SMILES string of the molecule is CN1CCCC1c1cccc(N2CCCC2)c1. The molecule has 1 unspecified atom stereocenters. The van der Waals surface area contributed by atoms with E-state index in [4.69, 9.17) is 0 Å². The Bertz CT molecular complexity index is 382. The number of likely N-dealkylation sites (tertiary alicyclic amines) is 1. The van der Waals surface area contributed by atoms with Crippen molar-refractivity contribution < 1.29 is 0 Å². The van der Waals surface area contributed by atoms with Crippen LogP contribution in [0.4, 0.5) is 5.69 Å². The van der Waals surface area contributed by atoms with Gasteiger partial charge in [0.05, 0.1) is 0 Å². The Morgan fingerprint density at radius 1 is 1.06 bits per heavy atom. The first-order chi connectivity index (χ1) is 8.34. The number of rotatable bonds is 2. The fourth-order valence-corrected chi connectivity index (χ4v) is 3.24. The van der Waals surface area contributed by atoms with E-state index in [1.165, 1.54) is 56.6 Å². The molecule has 17 heavy (non-hydrogen) atoms. The highest BCUT2D eigenvalue weighted by atomic mass is 15.2. The van der Waals surface area contributed by atoms with E-state index in [0.29, 0.717) is 6.04 Å². The molecular formula is C15H22N2. The van der Waals surface area contributed by atoms with Gasteiger partial charge in [0, 0.05) is 24.8 Å². The van der Waals surface area contributed by atoms with Crippen LogP contribution in [0.25, 0.3) is 0 Å². The third-order valence-electron chi connectivity index (χ3n) is 4.25. The van der Waals surface area contributed by atoms with Crippen molar-refractivity contribution in [2.24, 2.45) is 0 Å². The topological polar surface area (TPSA) is 6.48 Å². The predicted molar refractivity (Wildman–Crippen MR) is 72.5 cm³/mol. The summed E-state index contributed by atoms with van der Waals surface area (Å²) >= 11 is 0. The van der Waals surface area contributed by atoms with E-state index in [0.717, 1.165) is 0 Å². The Morgan fingerprint density at radius 2 is 1.88 bits per heavy atom. The lowest BCUT2D eigenvalue weighted by molar-refractivity contribution is 0.317. The molecule has 2 aliphatic rings. The minimum atomic E-state index is 0.651. The zero-order valence-electron chi connectivity index (χ0n) is 10.7. The van der Waals surface area contributed by atoms with Gasteiger partial charge in [-0.2, -0.15) is 0 Å². The maximum absolute atomic E-state index is 2.53. The van der Waals surface area contributed by atoms with Crippen molar-refractivity contribution in [1.29, 1.82) is 0 Å². The lowest BCUT2D eigenvalue weighted by atomic mass is 10.0. The number of hydrogen-bond acceptors (Lipinski definition) is 2. The van der Waals surface area contributed by atoms with Crippen molar-refractivity contribution in [2.75, 3.05) is 31.6 Å². The molecule has 2 nitrogen and oxygen atoms in total. The van der Waals surface area contributed by atoms with E-state index in [9.17, 15) is 0 Å². The van der Waals surface area contributed by atoms with E-state index in [-0.39, 0.29) is 0 Å². The highest BCUT2D eigenvalue weighted by Crippen LogP contribution is 2.32. The Labute approximate surface area is 104 Å². The van der Waals surface area contributed by atoms with Crippen LogP contribution in [-0.2, 0) is 0 Å². The third-order valence-corrected chi connectivity index (χ3v) is 4.25. The second-order valence-corrected chi connectivity index (χ2v) is 5.43. The van der Waals surface area contributed by atoms with Crippen molar-refractivity contribution in [2.45, 2.75) is 31.7 Å². The van der Waals surface area contributed by atoms with Gasteiger partial charge in [-0.1, -0.05) is 12.1 Å². The van der Waals surface area contributed by atoms with E-state index in [1.54, 1.807) is 0 Å². The van der Waals surface area contributed by atoms with E-state index >= 15 is 0 Å². The second kappa shape index (κ2) is 4.69. The molecule has 0 N–H and O–H groups in total. The van der Waals surface area contributed by atoms with Gasteiger partial charge in [0.25, 0.3) is 0 Å². The number of hydrogen-bond donors (Lipinski definition) is 0. The zero-order chi connectivity index (χ0) is 11.7. The van der Waals surface area contributed by atoms with Crippen LogP contribution in [0.3, 0.4) is 0 Å². The molecule has 0 radical (unpaired) electrons. The van der Waals surface area contributed by atoms with Crippen LogP contribution in [0.15, 0.2) is 24.3 Å². The molecule has 0 bridgehead atoms. The maximum atomic E-state index is 2.53. The molecule has 0 spiro atoms. The lowest BCUT2D eigenvalue weighted by Gasteiger charge is -2.23. The summed E-state index contributed by atoms with van der Waals surface area (Å²) in [5, 5.41) is 0. The van der Waals surface area contributed by atoms with Gasteiger partial charge in [-0.15, -0.1) is 0 Å². The standard InChI is InChI=1S/C15H22N2/c1-16-9-5-8-15(16)13-6-4-7-14(12-13)17-10-2-3-11-17/h4,6-7,12,15H,2-3,5,8-11H2,1H3. The van der Waals surface area contributed by atoms with Crippen LogP contribution < -0.4 is 4.90 Å². The fraction of sp³-hybridized carbons (Fsp3) is 0.600. The predicted octanol–water partition coefficient (Wildman–Crippen LogP) is 3.05. The smallest absolute Gasteiger partial charge is 0.0369 e. The average Bonchev–Trinajstić information content (AvgIpc) is 2.99. The Kier molecular flexibility index (Phi) is 3.06. The molecule has 2 heteroatoms. The van der Waals surface area contributed by atoms with Gasteiger partial charge in [0.1, 0.15) is 0 Å². The second-order valence-electron chi connectivity index (χ2n) is 5.43. The van der Waals surface area contributed by atoms with Crippen LogP contribution in [0.1, 0.15) is 37.3 Å². The number of nitrogens with zero attached hydrogens (tertiary/aromatic N) is 2. The van der Waals surface area contributed by atoms with Crippen LogP contribution >= 0.6 is 0 Å². The molecule has 2 fully saturated rings. The molecule has 0 aliphatic carbocycles. The van der Waals surface area contributed by atoms with E-state index in [2.05, 4.69) is 41.1 Å². The first-order valence-corrected chi connectivity index (χ1v) is 6.90. The average molecular weight is 230 g/mol. The first-order valence-electron chi connectivity index (χ1n) is 6.90. The van der Waals surface area contributed by atoms with Crippen LogP contribution in [0, 0.1) is 0 Å². The minimum absolute atomic E-state index is 0.651. The van der Waals surface area contributed by atoms with Crippen LogP contribution in [0.5, 0.6) is 0 Å². The summed E-state index contributed by atoms with van der Waals surface area (Å²) in [6.45, 7) is 3.73. The first kappa shape index (κ1) is 11.1. The van der Waals surface area contributed by atoms with Gasteiger partial charge in [-0.3, -0.25) is 4.90 Å². The quantitative estimate of drug-likeness (QED) is 0.770. The summed E-state index contributed by atoms with van der Waals surface area (Å²) in [5.74, 6) is 0. The summed E-state index contributed by atoms with van der Waals surface area (Å²) in [5.41, 5.74) is 2.94. The molecular weight excluding hydrogens is 208 g/mol. The summed E-state index contributed by atoms with van der Waals surface area (Å²) in [4.78, 5) is 5.02. The molecule has 2 heterocycles. The highest BCUT2D eigenvalue weighted by Gasteiger charge is 2.23. The van der Waals surface area contributed by atoms with Crippen LogP contribution in [0.2, 0.25) is 0 Å². The van der Waals surface area contributed by atoms with Gasteiger partial charge < -0.3 is 4.90 Å². The molecule has 0 aromatic heterocycles. The largest absolute Gasteiger partial charge is 0.372 e. The van der Waals surface area contributed by atoms with Gasteiger partial charge >= 0.3 is 0 Å². The number of anilines is 1. The molecule has 92 valence electrons. The van der Waals surface area contributed by atoms with Gasteiger partial charge in [0.15, 0.2) is 0 Å². The van der Waals surface area contributed by atoms with Crippen molar-refractivity contribution in [3.63, 3.8) is 0 Å². The van der Waals surface area contributed by atoms with Gasteiger partial charge in [0.2, 0.25) is 0 Å². The van der Waals surface area contributed by atoms with Gasteiger partial charge in [-0.25, -0.2) is 0 Å². The van der Waals surface area contributed by atoms with E-state index in [1.807, 2.05) is 0 Å².